The predicted octanol–water partition coefficient (Wildman–Crippen LogP) is 1.15. The first kappa shape index (κ1) is 16.9. The topological polar surface area (TPSA) is 93.0 Å². The van der Waals surface area contributed by atoms with Crippen LogP contribution in [-0.2, 0) is 4.79 Å². The number of likely N-dealkylation sites (tertiary alicyclic amines) is 1. The molecule has 8 heteroatoms. The highest BCUT2D eigenvalue weighted by atomic mass is 16.2. The van der Waals surface area contributed by atoms with Crippen LogP contribution in [0.3, 0.4) is 0 Å². The van der Waals surface area contributed by atoms with Gasteiger partial charge < -0.3 is 10.2 Å². The van der Waals surface area contributed by atoms with Gasteiger partial charge in [-0.15, -0.1) is 5.10 Å². The minimum atomic E-state index is -0.308. The van der Waals surface area contributed by atoms with Gasteiger partial charge in [0.05, 0.1) is 24.3 Å². The summed E-state index contributed by atoms with van der Waals surface area (Å²) in [6.45, 7) is 1.07. The number of pyridine rings is 1. The lowest BCUT2D eigenvalue weighted by molar-refractivity contribution is -0.136. The standard InChI is InChI=1S/C19H18N6O2/c26-18(10-21-19(27)15-7-4-8-20-9-15)24-11-16(12-24)25-13-17(22-23-25)14-5-2-1-3-6-14/h1-9,13,16H,10-12H2,(H,21,27). The average Bonchev–Trinajstić information content (AvgIpc) is 3.16. The predicted molar refractivity (Wildman–Crippen MR) is 97.6 cm³/mol. The Morgan fingerprint density at radius 1 is 1.11 bits per heavy atom. The van der Waals surface area contributed by atoms with E-state index >= 15 is 0 Å². The number of carbonyl (C=O) groups excluding carboxylic acids is 2. The molecule has 3 heterocycles. The molecule has 0 atom stereocenters. The van der Waals surface area contributed by atoms with Gasteiger partial charge in [-0.25, -0.2) is 4.68 Å². The molecule has 0 radical (unpaired) electrons. The van der Waals surface area contributed by atoms with Crippen molar-refractivity contribution in [2.75, 3.05) is 19.6 Å². The number of carbonyl (C=O) groups is 2. The molecule has 1 aliphatic rings. The van der Waals surface area contributed by atoms with Crippen LogP contribution in [0.2, 0.25) is 0 Å². The first-order chi connectivity index (χ1) is 13.2. The zero-order valence-electron chi connectivity index (χ0n) is 14.5. The van der Waals surface area contributed by atoms with Gasteiger partial charge in [-0.1, -0.05) is 35.5 Å². The molecule has 1 saturated heterocycles. The molecule has 3 aromatic rings. The summed E-state index contributed by atoms with van der Waals surface area (Å²) in [5.41, 5.74) is 2.25. The molecule has 1 N–H and O–H groups in total. The molecule has 0 saturated carbocycles. The van der Waals surface area contributed by atoms with Crippen LogP contribution < -0.4 is 5.32 Å². The summed E-state index contributed by atoms with van der Waals surface area (Å²) in [6.07, 6.45) is 4.95. The molecule has 1 fully saturated rings. The van der Waals surface area contributed by atoms with Crippen molar-refractivity contribution in [2.45, 2.75) is 6.04 Å². The Balaban J connectivity index is 1.27. The number of amides is 2. The number of nitrogens with zero attached hydrogens (tertiary/aromatic N) is 5. The Bertz CT molecular complexity index is 935. The fourth-order valence-electron chi connectivity index (χ4n) is 2.89. The third kappa shape index (κ3) is 3.69. The summed E-state index contributed by atoms with van der Waals surface area (Å²) in [7, 11) is 0. The van der Waals surface area contributed by atoms with Crippen molar-refractivity contribution in [2.24, 2.45) is 0 Å². The van der Waals surface area contributed by atoms with E-state index in [1.54, 1.807) is 27.9 Å². The van der Waals surface area contributed by atoms with Crippen molar-refractivity contribution in [3.63, 3.8) is 0 Å². The number of benzene rings is 1. The fraction of sp³-hybridized carbons (Fsp3) is 0.211. The van der Waals surface area contributed by atoms with Crippen molar-refractivity contribution in [3.05, 3.63) is 66.6 Å². The number of hydrogen-bond donors (Lipinski definition) is 1. The van der Waals surface area contributed by atoms with E-state index in [1.807, 2.05) is 36.5 Å². The molecule has 4 rings (SSSR count). The van der Waals surface area contributed by atoms with Crippen LogP contribution in [0.4, 0.5) is 0 Å². The Kier molecular flexibility index (Phi) is 4.61. The minimum Gasteiger partial charge on any atom is -0.343 e. The lowest BCUT2D eigenvalue weighted by Crippen LogP contribution is -2.53. The maximum atomic E-state index is 12.2. The molecular weight excluding hydrogens is 344 g/mol. The smallest absolute Gasteiger partial charge is 0.253 e. The lowest BCUT2D eigenvalue weighted by atomic mass is 10.1. The first-order valence-corrected chi connectivity index (χ1v) is 8.64. The van der Waals surface area contributed by atoms with Crippen LogP contribution in [0.25, 0.3) is 11.3 Å². The molecule has 2 aromatic heterocycles. The van der Waals surface area contributed by atoms with Crippen LogP contribution in [-0.4, -0.2) is 56.3 Å². The van der Waals surface area contributed by atoms with E-state index in [-0.39, 0.29) is 24.4 Å². The Labute approximate surface area is 155 Å². The van der Waals surface area contributed by atoms with Crippen molar-refractivity contribution >= 4 is 11.8 Å². The highest BCUT2D eigenvalue weighted by molar-refractivity contribution is 5.96. The molecule has 0 aliphatic carbocycles. The molecule has 27 heavy (non-hydrogen) atoms. The second kappa shape index (κ2) is 7.36. The first-order valence-electron chi connectivity index (χ1n) is 8.64. The largest absolute Gasteiger partial charge is 0.343 e. The van der Waals surface area contributed by atoms with Gasteiger partial charge in [0.25, 0.3) is 5.91 Å². The molecule has 0 bridgehead atoms. The van der Waals surface area contributed by atoms with Gasteiger partial charge in [0.15, 0.2) is 0 Å². The van der Waals surface area contributed by atoms with Crippen LogP contribution in [0.1, 0.15) is 16.4 Å². The van der Waals surface area contributed by atoms with Gasteiger partial charge in [-0.3, -0.25) is 14.6 Å². The highest BCUT2D eigenvalue weighted by Gasteiger charge is 2.32. The van der Waals surface area contributed by atoms with Crippen molar-refractivity contribution < 1.29 is 9.59 Å². The Morgan fingerprint density at radius 3 is 2.67 bits per heavy atom. The fourth-order valence-corrected chi connectivity index (χ4v) is 2.89. The summed E-state index contributed by atoms with van der Waals surface area (Å²) >= 11 is 0. The van der Waals surface area contributed by atoms with E-state index in [2.05, 4.69) is 20.6 Å². The van der Waals surface area contributed by atoms with E-state index in [0.29, 0.717) is 18.7 Å². The quantitative estimate of drug-likeness (QED) is 0.735. The van der Waals surface area contributed by atoms with Gasteiger partial charge in [0, 0.05) is 31.0 Å². The van der Waals surface area contributed by atoms with E-state index in [1.165, 1.54) is 6.20 Å². The van der Waals surface area contributed by atoms with E-state index in [9.17, 15) is 9.59 Å². The van der Waals surface area contributed by atoms with Gasteiger partial charge in [-0.05, 0) is 12.1 Å². The molecule has 0 unspecified atom stereocenters. The average molecular weight is 362 g/mol. The summed E-state index contributed by atoms with van der Waals surface area (Å²) < 4.78 is 1.79. The van der Waals surface area contributed by atoms with Gasteiger partial charge in [0.1, 0.15) is 5.69 Å². The van der Waals surface area contributed by atoms with Gasteiger partial charge >= 0.3 is 0 Å². The summed E-state index contributed by atoms with van der Waals surface area (Å²) in [5, 5.41) is 11.0. The molecule has 8 nitrogen and oxygen atoms in total. The van der Waals surface area contributed by atoms with Crippen LogP contribution in [0.5, 0.6) is 0 Å². The zero-order chi connectivity index (χ0) is 18.6. The number of nitrogens with one attached hydrogen (secondary N) is 1. The minimum absolute atomic E-state index is 0.0347. The maximum Gasteiger partial charge on any atom is 0.253 e. The third-order valence-corrected chi connectivity index (χ3v) is 4.49. The Morgan fingerprint density at radius 2 is 1.93 bits per heavy atom. The van der Waals surface area contributed by atoms with Crippen molar-refractivity contribution in [1.82, 2.24) is 30.2 Å². The number of rotatable bonds is 5. The maximum absolute atomic E-state index is 12.2. The second-order valence-corrected chi connectivity index (χ2v) is 6.33. The molecule has 2 amide bonds. The molecule has 136 valence electrons. The third-order valence-electron chi connectivity index (χ3n) is 4.49. The SMILES string of the molecule is O=C(NCC(=O)N1CC(n2cc(-c3ccccc3)nn2)C1)c1cccnc1. The van der Waals surface area contributed by atoms with Crippen molar-refractivity contribution in [1.29, 1.82) is 0 Å². The van der Waals surface area contributed by atoms with Crippen molar-refractivity contribution in [3.8, 4) is 11.3 Å². The van der Waals surface area contributed by atoms with Crippen LogP contribution >= 0.6 is 0 Å². The Hall–Kier alpha value is -3.55. The number of aromatic nitrogens is 4. The second-order valence-electron chi connectivity index (χ2n) is 6.33. The van der Waals surface area contributed by atoms with E-state index in [4.69, 9.17) is 0 Å². The van der Waals surface area contributed by atoms with Crippen LogP contribution in [0, 0.1) is 0 Å². The molecule has 1 aliphatic heterocycles. The van der Waals surface area contributed by atoms with Gasteiger partial charge in [0.2, 0.25) is 5.91 Å². The van der Waals surface area contributed by atoms with E-state index in [0.717, 1.165) is 11.3 Å². The van der Waals surface area contributed by atoms with Crippen LogP contribution in [0.15, 0.2) is 61.1 Å². The zero-order valence-corrected chi connectivity index (χ0v) is 14.5. The number of hydrogen-bond acceptors (Lipinski definition) is 5. The molecular formula is C19H18N6O2. The monoisotopic (exact) mass is 362 g/mol. The van der Waals surface area contributed by atoms with Gasteiger partial charge in [-0.2, -0.15) is 0 Å². The normalized spacial score (nSPS) is 13.9. The highest BCUT2D eigenvalue weighted by Crippen LogP contribution is 2.23. The van der Waals surface area contributed by atoms with E-state index < -0.39 is 0 Å². The summed E-state index contributed by atoms with van der Waals surface area (Å²) in [4.78, 5) is 29.8. The molecule has 0 spiro atoms. The summed E-state index contributed by atoms with van der Waals surface area (Å²) in [6, 6.07) is 13.3. The molecule has 1 aromatic carbocycles. The lowest BCUT2D eigenvalue weighted by Gasteiger charge is -2.38. The summed E-state index contributed by atoms with van der Waals surface area (Å²) in [5.74, 6) is -0.427.